The number of rotatable bonds is 3. The summed E-state index contributed by atoms with van der Waals surface area (Å²) in [5.41, 5.74) is -0.355. The third-order valence-corrected chi connectivity index (χ3v) is 3.09. The summed E-state index contributed by atoms with van der Waals surface area (Å²) in [6.45, 7) is 0. The standard InChI is InChI=1S/C7H14O3S/c1-10-7(6-11(8)9)4-2-3-5-7/h2-6H2,1H3,(H,8,9)/p-1. The molecule has 0 aromatic rings. The molecule has 1 aliphatic rings. The van der Waals surface area contributed by atoms with Crippen molar-refractivity contribution in [2.75, 3.05) is 12.9 Å². The molecule has 1 saturated carbocycles. The second kappa shape index (κ2) is 3.65. The van der Waals surface area contributed by atoms with E-state index in [-0.39, 0.29) is 11.4 Å². The molecule has 1 aliphatic carbocycles. The highest BCUT2D eigenvalue weighted by Gasteiger charge is 2.33. The molecule has 0 bridgehead atoms. The Balaban J connectivity index is 2.52. The summed E-state index contributed by atoms with van der Waals surface area (Å²) in [7, 11) is 1.60. The van der Waals surface area contributed by atoms with E-state index in [0.29, 0.717) is 0 Å². The quantitative estimate of drug-likeness (QED) is 0.600. The van der Waals surface area contributed by atoms with E-state index in [1.807, 2.05) is 0 Å². The molecule has 0 N–H and O–H groups in total. The monoisotopic (exact) mass is 177 g/mol. The summed E-state index contributed by atoms with van der Waals surface area (Å²) in [5.74, 6) is 0.156. The molecule has 3 nitrogen and oxygen atoms in total. The summed E-state index contributed by atoms with van der Waals surface area (Å²) in [4.78, 5) is 0. The van der Waals surface area contributed by atoms with Crippen LogP contribution >= 0.6 is 0 Å². The predicted octanol–water partition coefficient (Wildman–Crippen LogP) is 0.825. The zero-order chi connectivity index (χ0) is 8.32. The molecular formula is C7H13O3S-. The highest BCUT2D eigenvalue weighted by atomic mass is 32.2. The summed E-state index contributed by atoms with van der Waals surface area (Å²) < 4.78 is 26.1. The lowest BCUT2D eigenvalue weighted by molar-refractivity contribution is 0.0153. The maximum atomic E-state index is 10.4. The third-order valence-electron chi connectivity index (χ3n) is 2.33. The number of hydrogen-bond acceptors (Lipinski definition) is 3. The van der Waals surface area contributed by atoms with E-state index in [9.17, 15) is 8.76 Å². The van der Waals surface area contributed by atoms with E-state index in [1.54, 1.807) is 7.11 Å². The average Bonchev–Trinajstić information content (AvgIpc) is 2.36. The van der Waals surface area contributed by atoms with Crippen LogP contribution in [0.15, 0.2) is 0 Å². The van der Waals surface area contributed by atoms with Gasteiger partial charge < -0.3 is 9.29 Å². The van der Waals surface area contributed by atoms with Gasteiger partial charge in [0.15, 0.2) is 0 Å². The lowest BCUT2D eigenvalue weighted by atomic mass is 10.1. The first-order valence-corrected chi connectivity index (χ1v) is 5.04. The summed E-state index contributed by atoms with van der Waals surface area (Å²) in [6, 6.07) is 0. The molecule has 4 heteroatoms. The Morgan fingerprint density at radius 3 is 2.45 bits per heavy atom. The second-order valence-electron chi connectivity index (χ2n) is 3.04. The fourth-order valence-corrected chi connectivity index (χ4v) is 2.48. The van der Waals surface area contributed by atoms with Crippen molar-refractivity contribution in [3.63, 3.8) is 0 Å². The average molecular weight is 177 g/mol. The first-order chi connectivity index (χ1) is 5.18. The Hall–Kier alpha value is 0.0700. The van der Waals surface area contributed by atoms with Crippen LogP contribution in [0.5, 0.6) is 0 Å². The smallest absolute Gasteiger partial charge is 0.0782 e. The van der Waals surface area contributed by atoms with Crippen LogP contribution in [0.1, 0.15) is 25.7 Å². The van der Waals surface area contributed by atoms with Crippen LogP contribution in [0.2, 0.25) is 0 Å². The van der Waals surface area contributed by atoms with Crippen LogP contribution in [0.3, 0.4) is 0 Å². The largest absolute Gasteiger partial charge is 0.772 e. The van der Waals surface area contributed by atoms with Crippen molar-refractivity contribution in [3.05, 3.63) is 0 Å². The van der Waals surface area contributed by atoms with Crippen molar-refractivity contribution in [2.45, 2.75) is 31.3 Å². The zero-order valence-corrected chi connectivity index (χ0v) is 7.49. The Morgan fingerprint density at radius 2 is 2.09 bits per heavy atom. The fraction of sp³-hybridized carbons (Fsp3) is 1.00. The van der Waals surface area contributed by atoms with Crippen molar-refractivity contribution in [1.29, 1.82) is 0 Å². The molecule has 0 spiro atoms. The number of methoxy groups -OCH3 is 1. The molecule has 0 aliphatic heterocycles. The van der Waals surface area contributed by atoms with Gasteiger partial charge in [0.1, 0.15) is 0 Å². The molecule has 1 fully saturated rings. The SMILES string of the molecule is COC1(CS(=O)[O-])CCCC1. The maximum absolute atomic E-state index is 10.4. The number of ether oxygens (including phenoxy) is 1. The second-order valence-corrected chi connectivity index (χ2v) is 3.94. The topological polar surface area (TPSA) is 49.4 Å². The van der Waals surface area contributed by atoms with Crippen molar-refractivity contribution in [2.24, 2.45) is 0 Å². The van der Waals surface area contributed by atoms with Gasteiger partial charge in [0.2, 0.25) is 0 Å². The van der Waals surface area contributed by atoms with Crippen LogP contribution in [-0.4, -0.2) is 27.2 Å². The van der Waals surface area contributed by atoms with Crippen LogP contribution in [0, 0.1) is 0 Å². The molecule has 1 unspecified atom stereocenters. The molecule has 0 saturated heterocycles. The van der Waals surface area contributed by atoms with Gasteiger partial charge in [-0.05, 0) is 12.8 Å². The van der Waals surface area contributed by atoms with E-state index in [1.165, 1.54) is 0 Å². The molecular weight excluding hydrogens is 164 g/mol. The number of hydrogen-bond donors (Lipinski definition) is 0. The lowest BCUT2D eigenvalue weighted by Gasteiger charge is -2.28. The fourth-order valence-electron chi connectivity index (χ4n) is 1.64. The molecule has 0 radical (unpaired) electrons. The van der Waals surface area contributed by atoms with Gasteiger partial charge in [0, 0.05) is 12.9 Å². The Bertz CT molecular complexity index is 152. The first-order valence-electron chi connectivity index (χ1n) is 3.80. The van der Waals surface area contributed by atoms with Gasteiger partial charge in [-0.3, -0.25) is 4.21 Å². The van der Waals surface area contributed by atoms with Crippen LogP contribution in [0.4, 0.5) is 0 Å². The van der Waals surface area contributed by atoms with E-state index < -0.39 is 11.1 Å². The Labute approximate surface area is 69.4 Å². The predicted molar refractivity (Wildman–Crippen MR) is 42.0 cm³/mol. The lowest BCUT2D eigenvalue weighted by Crippen LogP contribution is -2.34. The normalized spacial score (nSPS) is 25.3. The summed E-state index contributed by atoms with van der Waals surface area (Å²) in [5, 5.41) is 0. The highest BCUT2D eigenvalue weighted by Crippen LogP contribution is 2.32. The molecule has 1 rings (SSSR count). The Morgan fingerprint density at radius 1 is 1.55 bits per heavy atom. The molecule has 11 heavy (non-hydrogen) atoms. The minimum absolute atomic E-state index is 0.156. The first kappa shape index (κ1) is 9.16. The summed E-state index contributed by atoms with van der Waals surface area (Å²) in [6.07, 6.45) is 3.95. The van der Waals surface area contributed by atoms with Gasteiger partial charge >= 0.3 is 0 Å². The molecule has 0 heterocycles. The van der Waals surface area contributed by atoms with Crippen molar-refractivity contribution < 1.29 is 13.5 Å². The van der Waals surface area contributed by atoms with E-state index in [0.717, 1.165) is 25.7 Å². The van der Waals surface area contributed by atoms with Crippen molar-refractivity contribution in [1.82, 2.24) is 0 Å². The molecule has 0 aromatic carbocycles. The van der Waals surface area contributed by atoms with Crippen molar-refractivity contribution in [3.8, 4) is 0 Å². The third kappa shape index (κ3) is 2.25. The van der Waals surface area contributed by atoms with E-state index >= 15 is 0 Å². The van der Waals surface area contributed by atoms with Crippen molar-refractivity contribution >= 4 is 11.1 Å². The highest BCUT2D eigenvalue weighted by molar-refractivity contribution is 7.79. The maximum Gasteiger partial charge on any atom is 0.0782 e. The van der Waals surface area contributed by atoms with Gasteiger partial charge in [0.25, 0.3) is 0 Å². The van der Waals surface area contributed by atoms with Gasteiger partial charge in [-0.2, -0.15) is 0 Å². The Kier molecular flexibility index (Phi) is 3.04. The molecule has 0 aromatic heterocycles. The van der Waals surface area contributed by atoms with E-state index in [4.69, 9.17) is 4.74 Å². The zero-order valence-electron chi connectivity index (χ0n) is 6.67. The van der Waals surface area contributed by atoms with Gasteiger partial charge in [-0.15, -0.1) is 0 Å². The minimum atomic E-state index is -1.97. The van der Waals surface area contributed by atoms with Gasteiger partial charge in [0.05, 0.1) is 5.60 Å². The van der Waals surface area contributed by atoms with Crippen LogP contribution in [0.25, 0.3) is 0 Å². The van der Waals surface area contributed by atoms with Gasteiger partial charge in [-0.1, -0.05) is 23.9 Å². The molecule has 1 atom stereocenters. The van der Waals surface area contributed by atoms with Crippen LogP contribution < -0.4 is 0 Å². The van der Waals surface area contributed by atoms with Gasteiger partial charge in [-0.25, -0.2) is 0 Å². The minimum Gasteiger partial charge on any atom is -0.772 e. The summed E-state index contributed by atoms with van der Waals surface area (Å²) >= 11 is -1.97. The molecule has 66 valence electrons. The molecule has 0 amide bonds. The van der Waals surface area contributed by atoms with Crippen LogP contribution in [-0.2, 0) is 15.8 Å². The van der Waals surface area contributed by atoms with E-state index in [2.05, 4.69) is 0 Å².